The van der Waals surface area contributed by atoms with E-state index in [1.165, 1.54) is 11.3 Å². The number of para-hydroxylation sites is 1. The summed E-state index contributed by atoms with van der Waals surface area (Å²) in [6, 6.07) is 8.52. The topological polar surface area (TPSA) is 3.24 Å². The van der Waals surface area contributed by atoms with Crippen LogP contribution in [0.5, 0.6) is 0 Å². The fourth-order valence-corrected chi connectivity index (χ4v) is 2.18. The Labute approximate surface area is 81.7 Å². The average Bonchev–Trinajstić information content (AvgIpc) is 2.24. The first-order chi connectivity index (χ1) is 5.61. The van der Waals surface area contributed by atoms with Crippen molar-refractivity contribution in [2.45, 2.75) is 25.8 Å². The van der Waals surface area contributed by atoms with E-state index in [1.54, 1.807) is 0 Å². The van der Waals surface area contributed by atoms with Crippen molar-refractivity contribution >= 4 is 21.8 Å². The Kier molecular flexibility index (Phi) is 1.69. The predicted molar refractivity (Wildman–Crippen MR) is 55.6 cm³/mol. The Morgan fingerprint density at radius 2 is 2.00 bits per heavy atom. The van der Waals surface area contributed by atoms with Crippen LogP contribution >= 0.6 is 16.1 Å². The monoisotopic (exact) mass is 225 g/mol. The van der Waals surface area contributed by atoms with Gasteiger partial charge in [0.2, 0.25) is 0 Å². The van der Waals surface area contributed by atoms with Gasteiger partial charge in [0.25, 0.3) is 0 Å². The Morgan fingerprint density at radius 1 is 1.33 bits per heavy atom. The fraction of sp³-hybridized carbons (Fsp3) is 0.400. The molecule has 1 aromatic carbocycles. The Morgan fingerprint density at radius 3 is 2.67 bits per heavy atom. The molecule has 64 valence electrons. The van der Waals surface area contributed by atoms with E-state index in [0.29, 0.717) is 0 Å². The minimum Gasteiger partial charge on any atom is -0.303 e. The first-order valence-electron chi connectivity index (χ1n) is 4.15. The molecule has 0 N–H and O–H groups in total. The van der Waals surface area contributed by atoms with Gasteiger partial charge in [0, 0.05) is 0 Å². The zero-order valence-electron chi connectivity index (χ0n) is 7.34. The van der Waals surface area contributed by atoms with E-state index in [-0.39, 0.29) is 5.54 Å². The molecule has 1 heterocycles. The van der Waals surface area contributed by atoms with Crippen molar-refractivity contribution in [3.05, 3.63) is 29.8 Å². The van der Waals surface area contributed by atoms with Crippen LogP contribution in [0, 0.1) is 0 Å². The van der Waals surface area contributed by atoms with Crippen LogP contribution in [-0.2, 0) is 6.42 Å². The van der Waals surface area contributed by atoms with Crippen molar-refractivity contribution in [1.29, 1.82) is 0 Å². The third-order valence-corrected chi connectivity index (χ3v) is 3.70. The van der Waals surface area contributed by atoms with Gasteiger partial charge < -0.3 is 3.93 Å². The third kappa shape index (κ3) is 1.06. The van der Waals surface area contributed by atoms with Crippen LogP contribution in [0.3, 0.4) is 0 Å². The van der Waals surface area contributed by atoms with E-state index in [9.17, 15) is 0 Å². The average molecular weight is 226 g/mol. The molecular weight excluding hydrogens is 214 g/mol. The summed E-state index contributed by atoms with van der Waals surface area (Å²) in [6.45, 7) is 4.48. The van der Waals surface area contributed by atoms with Crippen LogP contribution in [0.15, 0.2) is 24.3 Å². The van der Waals surface area contributed by atoms with E-state index in [2.05, 4.69) is 58.2 Å². The molecule has 0 atom stereocenters. The number of fused-ring (bicyclic) bond motifs is 1. The van der Waals surface area contributed by atoms with Crippen molar-refractivity contribution < 1.29 is 0 Å². The standard InChI is InChI=1S/C10H12BrN/c1-10(2)7-8-5-3-4-6-9(8)12(10)11/h3-6H,7H2,1-2H3. The number of hydrogen-bond acceptors (Lipinski definition) is 1. The molecule has 2 rings (SSSR count). The van der Waals surface area contributed by atoms with Gasteiger partial charge in [-0.2, -0.15) is 0 Å². The highest BCUT2D eigenvalue weighted by atomic mass is 79.9. The Hall–Kier alpha value is -0.500. The largest absolute Gasteiger partial charge is 0.303 e. The maximum atomic E-state index is 3.59. The van der Waals surface area contributed by atoms with Crippen LogP contribution in [0.1, 0.15) is 19.4 Å². The summed E-state index contributed by atoms with van der Waals surface area (Å²) in [5.74, 6) is 0. The molecule has 1 nitrogen and oxygen atoms in total. The molecule has 2 heteroatoms. The molecule has 0 saturated heterocycles. The summed E-state index contributed by atoms with van der Waals surface area (Å²) in [7, 11) is 0. The van der Waals surface area contributed by atoms with Crippen LogP contribution in [-0.4, -0.2) is 5.54 Å². The van der Waals surface area contributed by atoms with E-state index in [4.69, 9.17) is 0 Å². The zero-order valence-corrected chi connectivity index (χ0v) is 8.93. The van der Waals surface area contributed by atoms with E-state index >= 15 is 0 Å². The van der Waals surface area contributed by atoms with Gasteiger partial charge in [-0.15, -0.1) is 0 Å². The number of benzene rings is 1. The lowest BCUT2D eigenvalue weighted by Gasteiger charge is -2.27. The summed E-state index contributed by atoms with van der Waals surface area (Å²) in [5.41, 5.74) is 2.95. The summed E-state index contributed by atoms with van der Waals surface area (Å²) in [6.07, 6.45) is 1.12. The molecule has 0 amide bonds. The first kappa shape index (κ1) is 8.11. The van der Waals surface area contributed by atoms with Gasteiger partial charge in [-0.05, 0) is 31.9 Å². The van der Waals surface area contributed by atoms with Gasteiger partial charge in [0.1, 0.15) is 0 Å². The molecule has 12 heavy (non-hydrogen) atoms. The maximum Gasteiger partial charge on any atom is 0.0510 e. The molecule has 0 aromatic heterocycles. The number of anilines is 1. The third-order valence-electron chi connectivity index (χ3n) is 2.36. The van der Waals surface area contributed by atoms with Crippen LogP contribution < -0.4 is 3.93 Å². The first-order valence-corrected chi connectivity index (χ1v) is 4.86. The number of nitrogens with zero attached hydrogens (tertiary/aromatic N) is 1. The summed E-state index contributed by atoms with van der Waals surface area (Å²) in [4.78, 5) is 0. The highest BCUT2D eigenvalue weighted by Gasteiger charge is 2.33. The Balaban J connectivity index is 2.49. The summed E-state index contributed by atoms with van der Waals surface area (Å²) < 4.78 is 2.18. The van der Waals surface area contributed by atoms with Gasteiger partial charge in [-0.3, -0.25) is 0 Å². The summed E-state index contributed by atoms with van der Waals surface area (Å²) >= 11 is 3.59. The van der Waals surface area contributed by atoms with Crippen molar-refractivity contribution in [1.82, 2.24) is 0 Å². The molecule has 0 bridgehead atoms. The van der Waals surface area contributed by atoms with Crippen molar-refractivity contribution in [3.63, 3.8) is 0 Å². The van der Waals surface area contributed by atoms with Gasteiger partial charge in [0.15, 0.2) is 0 Å². The van der Waals surface area contributed by atoms with E-state index in [1.807, 2.05) is 0 Å². The smallest absolute Gasteiger partial charge is 0.0510 e. The van der Waals surface area contributed by atoms with Crippen molar-refractivity contribution in [3.8, 4) is 0 Å². The SMILES string of the molecule is CC1(C)Cc2ccccc2N1Br. The van der Waals surface area contributed by atoms with Crippen LogP contribution in [0.25, 0.3) is 0 Å². The number of rotatable bonds is 0. The lowest BCUT2D eigenvalue weighted by atomic mass is 10.0. The molecule has 0 spiro atoms. The van der Waals surface area contributed by atoms with Gasteiger partial charge in [-0.25, -0.2) is 0 Å². The van der Waals surface area contributed by atoms with Crippen LogP contribution in [0.4, 0.5) is 5.69 Å². The summed E-state index contributed by atoms with van der Waals surface area (Å²) in [5, 5.41) is 0. The Bertz CT molecular complexity index is 306. The minimum absolute atomic E-state index is 0.212. The van der Waals surface area contributed by atoms with Crippen LogP contribution in [0.2, 0.25) is 0 Å². The molecule has 0 unspecified atom stereocenters. The fourth-order valence-electron chi connectivity index (χ4n) is 1.71. The van der Waals surface area contributed by atoms with Crippen molar-refractivity contribution in [2.75, 3.05) is 3.93 Å². The molecule has 0 saturated carbocycles. The molecule has 1 aliphatic rings. The minimum atomic E-state index is 0.212. The molecule has 0 aliphatic carbocycles. The maximum absolute atomic E-state index is 3.59. The number of halogens is 1. The second kappa shape index (κ2) is 2.49. The van der Waals surface area contributed by atoms with Gasteiger partial charge in [0.05, 0.1) is 27.4 Å². The number of hydrogen-bond donors (Lipinski definition) is 0. The van der Waals surface area contributed by atoms with E-state index in [0.717, 1.165) is 6.42 Å². The lowest BCUT2D eigenvalue weighted by Crippen LogP contribution is -2.33. The van der Waals surface area contributed by atoms with E-state index < -0.39 is 0 Å². The van der Waals surface area contributed by atoms with Crippen molar-refractivity contribution in [2.24, 2.45) is 0 Å². The molecule has 0 fully saturated rings. The predicted octanol–water partition coefficient (Wildman–Crippen LogP) is 3.14. The highest BCUT2D eigenvalue weighted by Crippen LogP contribution is 2.40. The normalized spacial score (nSPS) is 19.4. The molecule has 0 radical (unpaired) electrons. The second-order valence-electron chi connectivity index (χ2n) is 3.90. The van der Waals surface area contributed by atoms with Gasteiger partial charge in [-0.1, -0.05) is 18.2 Å². The molecule has 1 aliphatic heterocycles. The highest BCUT2D eigenvalue weighted by molar-refractivity contribution is 9.10. The lowest BCUT2D eigenvalue weighted by molar-refractivity contribution is 0.562. The molecule has 1 aromatic rings. The van der Waals surface area contributed by atoms with Gasteiger partial charge >= 0.3 is 0 Å². The molecular formula is C10H12BrN. The quantitative estimate of drug-likeness (QED) is 0.614. The zero-order chi connectivity index (χ0) is 8.77. The second-order valence-corrected chi connectivity index (χ2v) is 4.61.